The highest BCUT2D eigenvalue weighted by molar-refractivity contribution is 6.63. The molecule has 2 saturated heterocycles. The van der Waals surface area contributed by atoms with Gasteiger partial charge in [-0.2, -0.15) is 0 Å². The summed E-state index contributed by atoms with van der Waals surface area (Å²) in [5, 5.41) is 4.61. The van der Waals surface area contributed by atoms with Gasteiger partial charge in [0.25, 0.3) is 0 Å². The predicted molar refractivity (Wildman–Crippen MR) is 179 cm³/mol. The van der Waals surface area contributed by atoms with E-state index < -0.39 is 31.0 Å². The van der Waals surface area contributed by atoms with Crippen LogP contribution in [0.25, 0.3) is 43.8 Å². The normalized spacial score (nSPS) is 18.9. The third-order valence-electron chi connectivity index (χ3n) is 9.41. The van der Waals surface area contributed by atoms with Gasteiger partial charge in [-0.1, -0.05) is 104 Å². The molecule has 214 valence electrons. The number of benzene rings is 5. The lowest BCUT2D eigenvalue weighted by atomic mass is 9.74. The van der Waals surface area contributed by atoms with Gasteiger partial charge in [0.2, 0.25) is 0 Å². The molecule has 6 heteroatoms. The Balaban J connectivity index is 1.52. The second-order valence-corrected chi connectivity index (χ2v) is 13.2. The van der Waals surface area contributed by atoms with Crippen LogP contribution in [0.2, 0.25) is 0 Å². The summed E-state index contributed by atoms with van der Waals surface area (Å²) in [5.74, 6) is 0.639. The average Bonchev–Trinajstić information content (AvgIpc) is 3.39. The summed E-state index contributed by atoms with van der Waals surface area (Å²) in [5.41, 5.74) is 5.22. The summed E-state index contributed by atoms with van der Waals surface area (Å²) in [6.45, 7) is 16.5. The topological polar surface area (TPSA) is 36.9 Å². The van der Waals surface area contributed by atoms with Crippen LogP contribution >= 0.6 is 0 Å². The molecule has 0 unspecified atom stereocenters. The molecular formula is C37H36B2O4. The Kier molecular flexibility index (Phi) is 6.41. The molecule has 0 N–H and O–H groups in total. The standard InChI is InChI=1S/C37H36B2O4/c1-24-35(2,3)41-38(40-24)27-18-20-29-31(22-27)33(25-14-10-8-11-15-25)30-21-19-28(39-42-36(4,5)37(6,7)43-39)23-32(30)34(29)26-16-12-9-13-17-26/h8-23H,1H2,2-7H3. The zero-order valence-electron chi connectivity index (χ0n) is 25.7. The van der Waals surface area contributed by atoms with Gasteiger partial charge in [-0.3, -0.25) is 0 Å². The fraction of sp³-hybridized carbons (Fsp3) is 0.243. The van der Waals surface area contributed by atoms with Crippen LogP contribution in [0.1, 0.15) is 41.5 Å². The minimum absolute atomic E-state index is 0.423. The first-order chi connectivity index (χ1) is 20.5. The number of hydrogen-bond acceptors (Lipinski definition) is 4. The molecule has 0 saturated carbocycles. The van der Waals surface area contributed by atoms with Crippen molar-refractivity contribution in [2.45, 2.75) is 58.3 Å². The minimum atomic E-state index is -0.551. The minimum Gasteiger partial charge on any atom is -0.534 e. The average molecular weight is 566 g/mol. The molecule has 0 atom stereocenters. The Morgan fingerprint density at radius 1 is 0.512 bits per heavy atom. The van der Waals surface area contributed by atoms with Crippen LogP contribution in [0.3, 0.4) is 0 Å². The molecule has 7 rings (SSSR count). The van der Waals surface area contributed by atoms with Crippen molar-refractivity contribution in [2.24, 2.45) is 0 Å². The highest BCUT2D eigenvalue weighted by Crippen LogP contribution is 2.44. The Hall–Kier alpha value is -3.83. The van der Waals surface area contributed by atoms with Gasteiger partial charge >= 0.3 is 14.2 Å². The smallest absolute Gasteiger partial charge is 0.534 e. The van der Waals surface area contributed by atoms with Gasteiger partial charge in [-0.15, -0.1) is 0 Å². The van der Waals surface area contributed by atoms with E-state index in [-0.39, 0.29) is 0 Å². The van der Waals surface area contributed by atoms with E-state index in [9.17, 15) is 0 Å². The third-order valence-corrected chi connectivity index (χ3v) is 9.41. The monoisotopic (exact) mass is 566 g/mol. The van der Waals surface area contributed by atoms with Crippen molar-refractivity contribution in [2.75, 3.05) is 0 Å². The fourth-order valence-corrected chi connectivity index (χ4v) is 6.13. The first kappa shape index (κ1) is 28.0. The van der Waals surface area contributed by atoms with E-state index in [0.29, 0.717) is 5.76 Å². The van der Waals surface area contributed by atoms with Crippen LogP contribution in [0.4, 0.5) is 0 Å². The van der Waals surface area contributed by atoms with Crippen molar-refractivity contribution in [3.05, 3.63) is 109 Å². The Morgan fingerprint density at radius 2 is 0.953 bits per heavy atom. The lowest BCUT2D eigenvalue weighted by Crippen LogP contribution is -2.41. The first-order valence-electron chi connectivity index (χ1n) is 15.0. The first-order valence-corrected chi connectivity index (χ1v) is 15.0. The fourth-order valence-electron chi connectivity index (χ4n) is 6.13. The van der Waals surface area contributed by atoms with E-state index in [4.69, 9.17) is 18.6 Å². The third kappa shape index (κ3) is 4.60. The van der Waals surface area contributed by atoms with Crippen molar-refractivity contribution in [3.8, 4) is 22.3 Å². The van der Waals surface area contributed by atoms with Gasteiger partial charge in [0.05, 0.1) is 17.0 Å². The maximum Gasteiger partial charge on any atom is 0.563 e. The van der Waals surface area contributed by atoms with E-state index in [1.54, 1.807) is 0 Å². The number of fused-ring (bicyclic) bond motifs is 2. The molecule has 0 spiro atoms. The molecule has 0 radical (unpaired) electrons. The number of hydrogen-bond donors (Lipinski definition) is 0. The van der Waals surface area contributed by atoms with Crippen LogP contribution in [0.15, 0.2) is 109 Å². The Labute approximate surface area is 254 Å². The van der Waals surface area contributed by atoms with Crippen LogP contribution in [-0.4, -0.2) is 31.0 Å². The highest BCUT2D eigenvalue weighted by Gasteiger charge is 2.51. The quantitative estimate of drug-likeness (QED) is 0.165. The summed E-state index contributed by atoms with van der Waals surface area (Å²) in [4.78, 5) is 0. The Morgan fingerprint density at radius 3 is 1.37 bits per heavy atom. The maximum atomic E-state index is 6.49. The second-order valence-electron chi connectivity index (χ2n) is 13.2. The van der Waals surface area contributed by atoms with Crippen LogP contribution < -0.4 is 10.9 Å². The summed E-state index contributed by atoms with van der Waals surface area (Å²) < 4.78 is 25.4. The van der Waals surface area contributed by atoms with Gasteiger partial charge in [-0.05, 0) is 96.3 Å². The van der Waals surface area contributed by atoms with E-state index in [0.717, 1.165) is 43.6 Å². The molecule has 43 heavy (non-hydrogen) atoms. The lowest BCUT2D eigenvalue weighted by molar-refractivity contribution is 0.00578. The molecule has 0 amide bonds. The van der Waals surface area contributed by atoms with Crippen molar-refractivity contribution < 1.29 is 18.6 Å². The molecule has 4 nitrogen and oxygen atoms in total. The SMILES string of the molecule is C=C1OB(c2ccc3c(-c4ccccc4)c4cc(B5OC(C)(C)C(C)(C)O5)ccc4c(-c4ccccc4)c3c2)OC1(C)C. The van der Waals surface area contributed by atoms with Crippen molar-refractivity contribution >= 4 is 46.7 Å². The molecule has 2 heterocycles. The summed E-state index contributed by atoms with van der Waals surface area (Å²) in [6, 6.07) is 34.4. The van der Waals surface area contributed by atoms with Gasteiger partial charge in [-0.25, -0.2) is 0 Å². The molecule has 2 fully saturated rings. The lowest BCUT2D eigenvalue weighted by Gasteiger charge is -2.32. The van der Waals surface area contributed by atoms with E-state index in [1.165, 1.54) is 11.1 Å². The van der Waals surface area contributed by atoms with Gasteiger partial charge in [0.15, 0.2) is 0 Å². The number of rotatable bonds is 4. The molecule has 0 bridgehead atoms. The van der Waals surface area contributed by atoms with E-state index >= 15 is 0 Å². The summed E-state index contributed by atoms with van der Waals surface area (Å²) in [7, 11) is -0.971. The molecule has 2 aliphatic heterocycles. The van der Waals surface area contributed by atoms with Gasteiger partial charge < -0.3 is 18.6 Å². The largest absolute Gasteiger partial charge is 0.563 e. The maximum absolute atomic E-state index is 6.49. The zero-order chi connectivity index (χ0) is 30.1. The molecule has 2 aliphatic rings. The van der Waals surface area contributed by atoms with E-state index in [2.05, 4.69) is 131 Å². The second kappa shape index (κ2) is 9.85. The van der Waals surface area contributed by atoms with Crippen LogP contribution in [0.5, 0.6) is 0 Å². The van der Waals surface area contributed by atoms with Gasteiger partial charge in [0, 0.05) is 0 Å². The van der Waals surface area contributed by atoms with Gasteiger partial charge in [0.1, 0.15) is 5.60 Å². The summed E-state index contributed by atoms with van der Waals surface area (Å²) >= 11 is 0. The highest BCUT2D eigenvalue weighted by atomic mass is 16.7. The van der Waals surface area contributed by atoms with Crippen molar-refractivity contribution in [1.29, 1.82) is 0 Å². The van der Waals surface area contributed by atoms with Crippen LogP contribution in [0, 0.1) is 0 Å². The van der Waals surface area contributed by atoms with Crippen molar-refractivity contribution in [3.63, 3.8) is 0 Å². The zero-order valence-corrected chi connectivity index (χ0v) is 25.7. The van der Waals surface area contributed by atoms with Crippen molar-refractivity contribution in [1.82, 2.24) is 0 Å². The predicted octanol–water partition coefficient (Wildman–Crippen LogP) is 7.66. The molecule has 5 aromatic rings. The van der Waals surface area contributed by atoms with E-state index in [1.807, 2.05) is 13.8 Å². The molecule has 0 aromatic heterocycles. The Bertz CT molecular complexity index is 1860. The molecule has 5 aromatic carbocycles. The molecule has 0 aliphatic carbocycles. The van der Waals surface area contributed by atoms with Crippen LogP contribution in [-0.2, 0) is 18.6 Å². The summed E-state index contributed by atoms with van der Waals surface area (Å²) in [6.07, 6.45) is 0. The molecular weight excluding hydrogens is 530 g/mol.